The second kappa shape index (κ2) is 4.35. The number of nitrogens with zero attached hydrogens (tertiary/aromatic N) is 2. The van der Waals surface area contributed by atoms with Crippen LogP contribution in [0.4, 0.5) is 0 Å². The number of aliphatic hydroxyl groups is 1. The molecule has 2 heterocycles. The number of imidazole rings is 1. The number of hydrogen-bond donors (Lipinski definition) is 1. The molecule has 15 heavy (non-hydrogen) atoms. The molecule has 0 bridgehead atoms. The Labute approximate surface area is 91.1 Å². The van der Waals surface area contributed by atoms with E-state index in [2.05, 4.69) is 23.4 Å². The summed E-state index contributed by atoms with van der Waals surface area (Å²) in [4.78, 5) is 4.39. The van der Waals surface area contributed by atoms with Gasteiger partial charge in [-0.05, 0) is 24.7 Å². The third-order valence-corrected chi connectivity index (χ3v) is 3.22. The summed E-state index contributed by atoms with van der Waals surface area (Å²) in [5, 5.41) is 9.13. The summed E-state index contributed by atoms with van der Waals surface area (Å²) in [6, 6.07) is 0. The number of aromatic nitrogens is 2. The third kappa shape index (κ3) is 2.23. The van der Waals surface area contributed by atoms with E-state index in [1.165, 1.54) is 12.8 Å². The highest BCUT2D eigenvalue weighted by molar-refractivity contribution is 5.07. The molecule has 3 heteroatoms. The molecule has 1 unspecified atom stereocenters. The Bertz CT molecular complexity index is 330. The summed E-state index contributed by atoms with van der Waals surface area (Å²) in [7, 11) is 0. The van der Waals surface area contributed by atoms with Crippen molar-refractivity contribution in [3.8, 4) is 0 Å². The van der Waals surface area contributed by atoms with Crippen LogP contribution in [0.15, 0.2) is 6.20 Å². The molecule has 1 aliphatic rings. The molecule has 0 spiro atoms. The van der Waals surface area contributed by atoms with Gasteiger partial charge in [-0.1, -0.05) is 13.8 Å². The lowest BCUT2D eigenvalue weighted by Gasteiger charge is -2.25. The molecule has 0 fully saturated rings. The zero-order chi connectivity index (χ0) is 10.8. The van der Waals surface area contributed by atoms with Crippen LogP contribution in [-0.2, 0) is 19.6 Å². The third-order valence-electron chi connectivity index (χ3n) is 3.22. The smallest absolute Gasteiger partial charge is 0.109 e. The van der Waals surface area contributed by atoms with E-state index >= 15 is 0 Å². The van der Waals surface area contributed by atoms with Crippen molar-refractivity contribution in [1.29, 1.82) is 0 Å². The van der Waals surface area contributed by atoms with E-state index in [1.807, 2.05) is 6.20 Å². The fourth-order valence-electron chi connectivity index (χ4n) is 2.56. The monoisotopic (exact) mass is 208 g/mol. The molecule has 0 radical (unpaired) electrons. The lowest BCUT2D eigenvalue weighted by Crippen LogP contribution is -2.22. The highest BCUT2D eigenvalue weighted by Crippen LogP contribution is 2.26. The fraction of sp³-hybridized carbons (Fsp3) is 0.750. The summed E-state index contributed by atoms with van der Waals surface area (Å²) in [6.45, 7) is 5.70. The van der Waals surface area contributed by atoms with Crippen LogP contribution in [0.25, 0.3) is 0 Å². The van der Waals surface area contributed by atoms with Crippen molar-refractivity contribution in [3.05, 3.63) is 17.7 Å². The van der Waals surface area contributed by atoms with Crippen molar-refractivity contribution < 1.29 is 5.11 Å². The molecule has 2 rings (SSSR count). The van der Waals surface area contributed by atoms with Crippen LogP contribution in [-0.4, -0.2) is 14.7 Å². The Morgan fingerprint density at radius 2 is 2.40 bits per heavy atom. The van der Waals surface area contributed by atoms with Crippen molar-refractivity contribution in [2.45, 2.75) is 46.3 Å². The Morgan fingerprint density at radius 1 is 1.60 bits per heavy atom. The van der Waals surface area contributed by atoms with E-state index in [0.29, 0.717) is 0 Å². The van der Waals surface area contributed by atoms with E-state index in [1.54, 1.807) is 0 Å². The predicted molar refractivity (Wildman–Crippen MR) is 59.4 cm³/mol. The van der Waals surface area contributed by atoms with Crippen LogP contribution in [0, 0.1) is 11.8 Å². The highest BCUT2D eigenvalue weighted by atomic mass is 16.3. The van der Waals surface area contributed by atoms with Crippen LogP contribution in [0.2, 0.25) is 0 Å². The van der Waals surface area contributed by atoms with Gasteiger partial charge >= 0.3 is 0 Å². The molecule has 0 aliphatic carbocycles. The second-order valence-electron chi connectivity index (χ2n) is 4.96. The van der Waals surface area contributed by atoms with Gasteiger partial charge < -0.3 is 9.67 Å². The van der Waals surface area contributed by atoms with Gasteiger partial charge in [0.1, 0.15) is 5.82 Å². The second-order valence-corrected chi connectivity index (χ2v) is 4.96. The molecule has 1 N–H and O–H groups in total. The van der Waals surface area contributed by atoms with Crippen molar-refractivity contribution in [3.63, 3.8) is 0 Å². The normalized spacial score (nSPS) is 20.7. The van der Waals surface area contributed by atoms with Crippen molar-refractivity contribution in [2.24, 2.45) is 11.8 Å². The Balaban J connectivity index is 2.07. The molecule has 1 aromatic heterocycles. The topological polar surface area (TPSA) is 38.0 Å². The summed E-state index contributed by atoms with van der Waals surface area (Å²) >= 11 is 0. The van der Waals surface area contributed by atoms with Gasteiger partial charge in [-0.25, -0.2) is 4.98 Å². The number of aliphatic hydroxyl groups excluding tert-OH is 1. The van der Waals surface area contributed by atoms with Crippen LogP contribution in [0.1, 0.15) is 38.2 Å². The highest BCUT2D eigenvalue weighted by Gasteiger charge is 2.21. The summed E-state index contributed by atoms with van der Waals surface area (Å²) in [6.07, 6.45) is 5.42. The van der Waals surface area contributed by atoms with Gasteiger partial charge in [-0.2, -0.15) is 0 Å². The number of hydrogen-bond acceptors (Lipinski definition) is 2. The molecule has 0 aromatic carbocycles. The van der Waals surface area contributed by atoms with Gasteiger partial charge in [-0.15, -0.1) is 0 Å². The van der Waals surface area contributed by atoms with E-state index in [4.69, 9.17) is 5.11 Å². The molecule has 0 saturated carbocycles. The van der Waals surface area contributed by atoms with Gasteiger partial charge in [0, 0.05) is 13.0 Å². The van der Waals surface area contributed by atoms with Gasteiger partial charge in [0.15, 0.2) is 0 Å². The van der Waals surface area contributed by atoms with Crippen LogP contribution >= 0.6 is 0 Å². The van der Waals surface area contributed by atoms with Crippen molar-refractivity contribution in [2.75, 3.05) is 0 Å². The first-order valence-electron chi connectivity index (χ1n) is 5.84. The van der Waals surface area contributed by atoms with E-state index in [9.17, 15) is 0 Å². The molecule has 1 aromatic rings. The minimum Gasteiger partial charge on any atom is -0.390 e. The molecule has 0 saturated heterocycles. The van der Waals surface area contributed by atoms with Gasteiger partial charge in [-0.3, -0.25) is 0 Å². The molecule has 1 atom stereocenters. The molecule has 84 valence electrons. The summed E-state index contributed by atoms with van der Waals surface area (Å²) in [5.74, 6) is 2.72. The zero-order valence-corrected chi connectivity index (χ0v) is 9.61. The summed E-state index contributed by atoms with van der Waals surface area (Å²) in [5.41, 5.74) is 0.966. The average molecular weight is 208 g/mol. The minimum atomic E-state index is 0.113. The van der Waals surface area contributed by atoms with Crippen LogP contribution in [0.3, 0.4) is 0 Å². The number of rotatable bonds is 3. The van der Waals surface area contributed by atoms with Crippen molar-refractivity contribution >= 4 is 0 Å². The first-order chi connectivity index (χ1) is 7.20. The SMILES string of the molecule is CC(C)CC1CCn2c(CO)cnc2C1. The predicted octanol–water partition coefficient (Wildman–Crippen LogP) is 1.98. The summed E-state index contributed by atoms with van der Waals surface area (Å²) < 4.78 is 2.18. The fourth-order valence-corrected chi connectivity index (χ4v) is 2.56. The zero-order valence-electron chi connectivity index (χ0n) is 9.61. The minimum absolute atomic E-state index is 0.113. The molecular formula is C12H20N2O. The molecular weight excluding hydrogens is 188 g/mol. The maximum absolute atomic E-state index is 9.13. The van der Waals surface area contributed by atoms with Crippen LogP contribution in [0.5, 0.6) is 0 Å². The molecule has 0 amide bonds. The van der Waals surface area contributed by atoms with Crippen molar-refractivity contribution in [1.82, 2.24) is 9.55 Å². The average Bonchev–Trinajstić information content (AvgIpc) is 2.58. The van der Waals surface area contributed by atoms with Crippen LogP contribution < -0.4 is 0 Å². The number of fused-ring (bicyclic) bond motifs is 1. The Hall–Kier alpha value is -0.830. The first kappa shape index (κ1) is 10.7. The Kier molecular flexibility index (Phi) is 3.10. The largest absolute Gasteiger partial charge is 0.390 e. The maximum Gasteiger partial charge on any atom is 0.109 e. The van der Waals surface area contributed by atoms with Gasteiger partial charge in [0.2, 0.25) is 0 Å². The standard InChI is InChI=1S/C12H20N2O/c1-9(2)5-10-3-4-14-11(8-15)7-13-12(14)6-10/h7,9-10,15H,3-6,8H2,1-2H3. The van der Waals surface area contributed by atoms with E-state index in [0.717, 1.165) is 36.3 Å². The maximum atomic E-state index is 9.13. The molecule has 1 aliphatic heterocycles. The first-order valence-corrected chi connectivity index (χ1v) is 5.84. The van der Waals surface area contributed by atoms with E-state index in [-0.39, 0.29) is 6.61 Å². The Morgan fingerprint density at radius 3 is 3.07 bits per heavy atom. The van der Waals surface area contributed by atoms with E-state index < -0.39 is 0 Å². The quantitative estimate of drug-likeness (QED) is 0.825. The van der Waals surface area contributed by atoms with Gasteiger partial charge in [0.05, 0.1) is 18.5 Å². The van der Waals surface area contributed by atoms with Gasteiger partial charge in [0.25, 0.3) is 0 Å². The lowest BCUT2D eigenvalue weighted by molar-refractivity contribution is 0.259. The lowest BCUT2D eigenvalue weighted by atomic mass is 9.89. The molecule has 3 nitrogen and oxygen atoms in total.